The minimum absolute atomic E-state index is 0. The van der Waals surface area contributed by atoms with E-state index in [-0.39, 0.29) is 30.2 Å². The fourth-order valence-corrected chi connectivity index (χ4v) is 5.12. The normalized spacial score (nSPS) is 23.4. The van der Waals surface area contributed by atoms with Crippen molar-refractivity contribution in [3.8, 4) is 0 Å². The van der Waals surface area contributed by atoms with Crippen molar-refractivity contribution in [3.05, 3.63) is 0 Å². The number of ketones is 1. The van der Waals surface area contributed by atoms with E-state index in [1.54, 1.807) is 0 Å². The summed E-state index contributed by atoms with van der Waals surface area (Å²) in [6.07, 6.45) is 7.40. The number of halogens is 1. The van der Waals surface area contributed by atoms with E-state index >= 15 is 0 Å². The predicted molar refractivity (Wildman–Crippen MR) is 120 cm³/mol. The Hall–Kier alpha value is -1.32. The molecule has 1 aliphatic carbocycles. The minimum Gasteiger partial charge on any atom is -0.381 e. The Morgan fingerprint density at radius 1 is 1.10 bits per heavy atom. The molecular weight excluding hydrogens is 428 g/mol. The van der Waals surface area contributed by atoms with Gasteiger partial charge in [0, 0.05) is 38.5 Å². The molecule has 0 radical (unpaired) electrons. The maximum Gasteiger partial charge on any atom is 0.309 e. The maximum absolute atomic E-state index is 13.0. The van der Waals surface area contributed by atoms with E-state index in [0.29, 0.717) is 31.2 Å². The molecule has 2 amide bonds. The SMILES string of the molecule is CN1CCS/C1=N\NC(=O)C(=O)[C@@H](NC(=O)C1CCCCCC1)C1CCOCC1.Cl. The first kappa shape index (κ1) is 24.9. The van der Waals surface area contributed by atoms with E-state index in [0.717, 1.165) is 50.8 Å². The zero-order valence-corrected chi connectivity index (χ0v) is 19.2. The topological polar surface area (TPSA) is 100 Å². The zero-order chi connectivity index (χ0) is 20.6. The van der Waals surface area contributed by atoms with Crippen molar-refractivity contribution in [1.82, 2.24) is 15.6 Å². The number of ether oxygens (including phenoxy) is 1. The molecule has 0 aromatic carbocycles. The summed E-state index contributed by atoms with van der Waals surface area (Å²) >= 11 is 1.54. The molecule has 3 aliphatic rings. The zero-order valence-electron chi connectivity index (χ0n) is 17.6. The Morgan fingerprint density at radius 2 is 1.77 bits per heavy atom. The van der Waals surface area contributed by atoms with Crippen LogP contribution in [0.2, 0.25) is 0 Å². The molecule has 0 unspecified atom stereocenters. The number of hydrogen-bond acceptors (Lipinski definition) is 6. The Morgan fingerprint density at radius 3 is 2.37 bits per heavy atom. The lowest BCUT2D eigenvalue weighted by Gasteiger charge is -2.30. The molecule has 8 nitrogen and oxygen atoms in total. The fourth-order valence-electron chi connectivity index (χ4n) is 4.15. The average Bonchev–Trinajstić information content (AvgIpc) is 2.97. The standard InChI is InChI=1S/C20H32N4O4S.ClH/c1-24-10-13-29-20(24)23-22-19(27)17(25)16(14-8-11-28-12-9-14)21-18(26)15-6-4-2-3-5-7-15;/h14-16H,2-13H2,1H3,(H,21,26)(H,22,27);1H/b23-20-;/t16-;/m0./s1. The number of rotatable bonds is 6. The highest BCUT2D eigenvalue weighted by Gasteiger charge is 2.36. The van der Waals surface area contributed by atoms with Gasteiger partial charge in [-0.3, -0.25) is 14.4 Å². The van der Waals surface area contributed by atoms with E-state index < -0.39 is 17.7 Å². The first-order valence-corrected chi connectivity index (χ1v) is 11.7. The van der Waals surface area contributed by atoms with Gasteiger partial charge in [0.15, 0.2) is 5.17 Å². The Balaban J connectivity index is 0.00000320. The van der Waals surface area contributed by atoms with E-state index in [2.05, 4.69) is 15.8 Å². The van der Waals surface area contributed by atoms with Crippen molar-refractivity contribution in [3.63, 3.8) is 0 Å². The minimum atomic E-state index is -0.816. The lowest BCUT2D eigenvalue weighted by molar-refractivity contribution is -0.142. The van der Waals surface area contributed by atoms with Crippen molar-refractivity contribution in [2.75, 3.05) is 32.6 Å². The van der Waals surface area contributed by atoms with Gasteiger partial charge in [0.1, 0.15) is 6.04 Å². The third-order valence-electron chi connectivity index (χ3n) is 6.00. The summed E-state index contributed by atoms with van der Waals surface area (Å²) in [7, 11) is 1.89. The van der Waals surface area contributed by atoms with Crippen LogP contribution in [0, 0.1) is 11.8 Å². The van der Waals surface area contributed by atoms with Gasteiger partial charge in [-0.25, -0.2) is 5.43 Å². The van der Waals surface area contributed by atoms with Crippen molar-refractivity contribution >= 4 is 46.9 Å². The van der Waals surface area contributed by atoms with Crippen LogP contribution in [0.15, 0.2) is 5.10 Å². The molecule has 1 atom stereocenters. The lowest BCUT2D eigenvalue weighted by Crippen LogP contribution is -2.53. The second-order valence-corrected chi connectivity index (χ2v) is 9.16. The summed E-state index contributed by atoms with van der Waals surface area (Å²) in [6.45, 7) is 1.94. The van der Waals surface area contributed by atoms with Gasteiger partial charge in [0.05, 0.1) is 0 Å². The quantitative estimate of drug-likeness (QED) is 0.357. The second kappa shape index (κ2) is 12.5. The first-order chi connectivity index (χ1) is 14.1. The molecule has 0 spiro atoms. The molecule has 1 saturated carbocycles. The molecule has 10 heteroatoms. The van der Waals surface area contributed by atoms with E-state index in [4.69, 9.17) is 4.74 Å². The number of amides is 2. The number of amidine groups is 1. The number of carbonyl (C=O) groups excluding carboxylic acids is 3. The Kier molecular flexibility index (Phi) is 10.4. The monoisotopic (exact) mass is 460 g/mol. The van der Waals surface area contributed by atoms with Gasteiger partial charge in [-0.05, 0) is 31.6 Å². The molecule has 0 aromatic rings. The number of thioether (sulfide) groups is 1. The number of hydrogen-bond donors (Lipinski definition) is 2. The van der Waals surface area contributed by atoms with Gasteiger partial charge in [0.25, 0.3) is 0 Å². The summed E-state index contributed by atoms with van der Waals surface area (Å²) in [5.41, 5.74) is 2.39. The number of nitrogens with zero attached hydrogens (tertiary/aromatic N) is 2. The van der Waals surface area contributed by atoms with Gasteiger partial charge in [-0.15, -0.1) is 17.5 Å². The van der Waals surface area contributed by atoms with Crippen LogP contribution >= 0.6 is 24.2 Å². The van der Waals surface area contributed by atoms with Crippen molar-refractivity contribution in [2.45, 2.75) is 57.4 Å². The average molecular weight is 461 g/mol. The van der Waals surface area contributed by atoms with Crippen LogP contribution in [0.3, 0.4) is 0 Å². The van der Waals surface area contributed by atoms with E-state index in [9.17, 15) is 14.4 Å². The van der Waals surface area contributed by atoms with Crippen LogP contribution in [0.5, 0.6) is 0 Å². The van der Waals surface area contributed by atoms with Crippen LogP contribution in [-0.4, -0.2) is 66.3 Å². The Labute approximate surface area is 188 Å². The van der Waals surface area contributed by atoms with E-state index in [1.807, 2.05) is 11.9 Å². The number of Topliss-reactive ketones (excluding diaryl/α,β-unsaturated/α-hetero) is 1. The molecule has 3 fully saturated rings. The predicted octanol–water partition coefficient (Wildman–Crippen LogP) is 1.92. The van der Waals surface area contributed by atoms with Crippen molar-refractivity contribution in [2.24, 2.45) is 16.9 Å². The molecule has 2 N–H and O–H groups in total. The molecular formula is C20H33ClN4O4S. The summed E-state index contributed by atoms with van der Waals surface area (Å²) in [5.74, 6) is -0.736. The van der Waals surface area contributed by atoms with Crippen molar-refractivity contribution < 1.29 is 19.1 Å². The maximum atomic E-state index is 13.0. The fraction of sp³-hybridized carbons (Fsp3) is 0.800. The highest BCUT2D eigenvalue weighted by atomic mass is 35.5. The Bertz CT molecular complexity index is 634. The molecule has 0 bridgehead atoms. The first-order valence-electron chi connectivity index (χ1n) is 10.7. The van der Waals surface area contributed by atoms with Crippen LogP contribution in [-0.2, 0) is 19.1 Å². The van der Waals surface area contributed by atoms with E-state index in [1.165, 1.54) is 11.8 Å². The second-order valence-electron chi connectivity index (χ2n) is 8.09. The number of nitrogens with one attached hydrogen (secondary N) is 2. The van der Waals surface area contributed by atoms with Gasteiger partial charge >= 0.3 is 5.91 Å². The molecule has 2 saturated heterocycles. The van der Waals surface area contributed by atoms with Gasteiger partial charge < -0.3 is 15.0 Å². The molecule has 30 heavy (non-hydrogen) atoms. The molecule has 2 heterocycles. The van der Waals surface area contributed by atoms with Gasteiger partial charge in [0.2, 0.25) is 11.7 Å². The molecule has 2 aliphatic heterocycles. The largest absolute Gasteiger partial charge is 0.381 e. The summed E-state index contributed by atoms with van der Waals surface area (Å²) in [4.78, 5) is 40.3. The highest BCUT2D eigenvalue weighted by Crippen LogP contribution is 2.25. The van der Waals surface area contributed by atoms with Crippen LogP contribution in [0.1, 0.15) is 51.4 Å². The summed E-state index contributed by atoms with van der Waals surface area (Å²) < 4.78 is 5.40. The number of carbonyl (C=O) groups is 3. The van der Waals surface area contributed by atoms with Gasteiger partial charge in [-0.2, -0.15) is 0 Å². The third-order valence-corrected chi connectivity index (χ3v) is 7.05. The lowest BCUT2D eigenvalue weighted by atomic mass is 9.87. The molecule has 170 valence electrons. The van der Waals surface area contributed by atoms with Crippen LogP contribution in [0.25, 0.3) is 0 Å². The van der Waals surface area contributed by atoms with Crippen molar-refractivity contribution in [1.29, 1.82) is 0 Å². The van der Waals surface area contributed by atoms with Gasteiger partial charge in [-0.1, -0.05) is 37.4 Å². The van der Waals surface area contributed by atoms with Crippen LogP contribution in [0.4, 0.5) is 0 Å². The summed E-state index contributed by atoms with van der Waals surface area (Å²) in [6, 6.07) is -0.816. The summed E-state index contributed by atoms with van der Waals surface area (Å²) in [5, 5.41) is 7.71. The number of hydrazone groups is 1. The smallest absolute Gasteiger partial charge is 0.309 e. The molecule has 0 aromatic heterocycles. The molecule has 3 rings (SSSR count). The third kappa shape index (κ3) is 6.85. The van der Waals surface area contributed by atoms with Crippen LogP contribution < -0.4 is 10.7 Å². The highest BCUT2D eigenvalue weighted by molar-refractivity contribution is 8.14.